The Morgan fingerprint density at radius 2 is 2.13 bits per heavy atom. The minimum atomic E-state index is -0.940. The number of benzene rings is 1. The van der Waals surface area contributed by atoms with Gasteiger partial charge in [-0.25, -0.2) is 0 Å². The van der Waals surface area contributed by atoms with Crippen LogP contribution in [0.15, 0.2) is 27.6 Å². The minimum Gasteiger partial charge on any atom is -0.356 e. The summed E-state index contributed by atoms with van der Waals surface area (Å²) in [7, 11) is -0.940. The molecule has 0 radical (unpaired) electrons. The maximum atomic E-state index is 12.5. The SMILES string of the molecule is O=C(NCCc1noc2ccc(S(=O)C3CCC3)cc12)C1CC1. The fourth-order valence-electron chi connectivity index (χ4n) is 2.84. The highest BCUT2D eigenvalue weighted by Crippen LogP contribution is 2.30. The molecule has 0 bridgehead atoms. The standard InChI is InChI=1S/C17H20N2O3S/c20-17(11-4-5-11)18-9-8-15-14-10-13(6-7-16(14)22-19-15)23(21)12-2-1-3-12/h6-7,10-12H,1-5,8-9H2,(H,18,20). The van der Waals surface area contributed by atoms with E-state index >= 15 is 0 Å². The molecule has 1 N–H and O–H groups in total. The van der Waals surface area contributed by atoms with Crippen LogP contribution in [0, 0.1) is 5.92 Å². The summed E-state index contributed by atoms with van der Waals surface area (Å²) in [5.74, 6) is 0.366. The van der Waals surface area contributed by atoms with Gasteiger partial charge >= 0.3 is 0 Å². The average Bonchev–Trinajstić information content (AvgIpc) is 3.27. The molecule has 1 heterocycles. The topological polar surface area (TPSA) is 72.2 Å². The third-order valence-electron chi connectivity index (χ3n) is 4.71. The Hall–Kier alpha value is -1.69. The molecule has 2 aromatic rings. The fourth-order valence-corrected chi connectivity index (χ4v) is 4.43. The summed E-state index contributed by atoms with van der Waals surface area (Å²) in [6.45, 7) is 0.562. The number of aromatic nitrogens is 1. The highest BCUT2D eigenvalue weighted by atomic mass is 32.2. The van der Waals surface area contributed by atoms with Crippen molar-refractivity contribution in [2.45, 2.75) is 48.7 Å². The Kier molecular flexibility index (Phi) is 3.93. The highest BCUT2D eigenvalue weighted by Gasteiger charge is 2.29. The lowest BCUT2D eigenvalue weighted by atomic mass is 10.00. The third kappa shape index (κ3) is 3.04. The number of nitrogens with one attached hydrogen (secondary N) is 1. The van der Waals surface area contributed by atoms with Crippen molar-refractivity contribution in [3.8, 4) is 0 Å². The number of carbonyl (C=O) groups is 1. The zero-order valence-corrected chi connectivity index (χ0v) is 13.7. The Morgan fingerprint density at radius 3 is 2.83 bits per heavy atom. The average molecular weight is 332 g/mol. The summed E-state index contributed by atoms with van der Waals surface area (Å²) >= 11 is 0. The summed E-state index contributed by atoms with van der Waals surface area (Å²) in [5.41, 5.74) is 1.53. The number of amides is 1. The number of rotatable bonds is 6. The van der Waals surface area contributed by atoms with Crippen LogP contribution in [0.25, 0.3) is 11.0 Å². The van der Waals surface area contributed by atoms with Gasteiger partial charge in [-0.1, -0.05) is 11.6 Å². The Bertz CT molecular complexity index is 762. The molecule has 122 valence electrons. The van der Waals surface area contributed by atoms with Crippen LogP contribution < -0.4 is 5.32 Å². The predicted molar refractivity (Wildman–Crippen MR) is 87.5 cm³/mol. The number of nitrogens with zero attached hydrogens (tertiary/aromatic N) is 1. The van der Waals surface area contributed by atoms with E-state index in [2.05, 4.69) is 10.5 Å². The molecular weight excluding hydrogens is 312 g/mol. The van der Waals surface area contributed by atoms with Gasteiger partial charge < -0.3 is 9.84 Å². The van der Waals surface area contributed by atoms with Crippen molar-refractivity contribution in [1.29, 1.82) is 0 Å². The van der Waals surface area contributed by atoms with Gasteiger partial charge in [0.05, 0.1) is 16.5 Å². The zero-order valence-electron chi connectivity index (χ0n) is 12.9. The predicted octanol–water partition coefficient (Wildman–Crippen LogP) is 2.56. The maximum absolute atomic E-state index is 12.5. The van der Waals surface area contributed by atoms with Crippen molar-refractivity contribution in [2.75, 3.05) is 6.54 Å². The van der Waals surface area contributed by atoms with Crippen molar-refractivity contribution in [3.63, 3.8) is 0 Å². The largest absolute Gasteiger partial charge is 0.356 e. The van der Waals surface area contributed by atoms with Gasteiger partial charge in [0.25, 0.3) is 0 Å². The number of hydrogen-bond donors (Lipinski definition) is 1. The molecule has 4 rings (SSSR count). The van der Waals surface area contributed by atoms with Crippen LogP contribution in [0.2, 0.25) is 0 Å². The van der Waals surface area contributed by atoms with Gasteiger partial charge in [-0.2, -0.15) is 0 Å². The van der Waals surface area contributed by atoms with Gasteiger partial charge in [0, 0.05) is 34.4 Å². The van der Waals surface area contributed by atoms with Crippen LogP contribution in [0.1, 0.15) is 37.8 Å². The van der Waals surface area contributed by atoms with E-state index in [1.165, 1.54) is 6.42 Å². The van der Waals surface area contributed by atoms with Crippen molar-refractivity contribution in [3.05, 3.63) is 23.9 Å². The Balaban J connectivity index is 1.47. The molecule has 0 spiro atoms. The molecule has 1 atom stereocenters. The van der Waals surface area contributed by atoms with E-state index in [1.807, 2.05) is 18.2 Å². The van der Waals surface area contributed by atoms with E-state index in [1.54, 1.807) is 0 Å². The molecule has 23 heavy (non-hydrogen) atoms. The maximum Gasteiger partial charge on any atom is 0.223 e. The van der Waals surface area contributed by atoms with Crippen molar-refractivity contribution in [1.82, 2.24) is 10.5 Å². The molecule has 0 aliphatic heterocycles. The van der Waals surface area contributed by atoms with Crippen LogP contribution in [0.3, 0.4) is 0 Å². The van der Waals surface area contributed by atoms with Crippen LogP contribution in [-0.2, 0) is 22.0 Å². The second kappa shape index (κ2) is 6.07. The van der Waals surface area contributed by atoms with Crippen LogP contribution in [-0.4, -0.2) is 27.1 Å². The number of hydrogen-bond acceptors (Lipinski definition) is 4. The molecule has 2 saturated carbocycles. The molecule has 2 aliphatic rings. The smallest absolute Gasteiger partial charge is 0.223 e. The van der Waals surface area contributed by atoms with Gasteiger partial charge in [0.15, 0.2) is 5.58 Å². The quantitative estimate of drug-likeness (QED) is 0.882. The summed E-state index contributed by atoms with van der Waals surface area (Å²) in [6, 6.07) is 5.67. The van der Waals surface area contributed by atoms with Gasteiger partial charge in [-0.15, -0.1) is 0 Å². The monoisotopic (exact) mass is 332 g/mol. The minimum absolute atomic E-state index is 0.143. The van der Waals surface area contributed by atoms with E-state index in [0.29, 0.717) is 23.8 Å². The van der Waals surface area contributed by atoms with Crippen molar-refractivity contribution >= 4 is 27.7 Å². The zero-order chi connectivity index (χ0) is 15.8. The highest BCUT2D eigenvalue weighted by molar-refractivity contribution is 7.85. The Morgan fingerprint density at radius 1 is 1.30 bits per heavy atom. The molecular formula is C17H20N2O3S. The summed E-state index contributed by atoms with van der Waals surface area (Å²) in [4.78, 5) is 12.5. The number of fused-ring (bicyclic) bond motifs is 1. The molecule has 2 fully saturated rings. The molecule has 5 nitrogen and oxygen atoms in total. The molecule has 1 amide bonds. The van der Waals surface area contributed by atoms with E-state index in [4.69, 9.17) is 4.52 Å². The summed E-state index contributed by atoms with van der Waals surface area (Å²) in [6.07, 6.45) is 5.93. The summed E-state index contributed by atoms with van der Waals surface area (Å²) < 4.78 is 17.8. The second-order valence-electron chi connectivity index (χ2n) is 6.45. The second-order valence-corrected chi connectivity index (χ2v) is 8.19. The first-order chi connectivity index (χ1) is 11.2. The molecule has 0 saturated heterocycles. The lowest BCUT2D eigenvalue weighted by molar-refractivity contribution is -0.122. The molecule has 1 aromatic heterocycles. The first-order valence-corrected chi connectivity index (χ1v) is 9.50. The van der Waals surface area contributed by atoms with Gasteiger partial charge in [0.2, 0.25) is 5.91 Å². The lowest BCUT2D eigenvalue weighted by Gasteiger charge is -2.24. The molecule has 1 aromatic carbocycles. The number of carbonyl (C=O) groups excluding carboxylic acids is 1. The van der Waals surface area contributed by atoms with Gasteiger partial charge in [-0.05, 0) is 43.9 Å². The lowest BCUT2D eigenvalue weighted by Crippen LogP contribution is -2.27. The summed E-state index contributed by atoms with van der Waals surface area (Å²) in [5, 5.41) is 8.26. The first-order valence-electron chi connectivity index (χ1n) is 8.29. The van der Waals surface area contributed by atoms with Crippen molar-refractivity contribution < 1.29 is 13.5 Å². The van der Waals surface area contributed by atoms with Crippen LogP contribution >= 0.6 is 0 Å². The van der Waals surface area contributed by atoms with Gasteiger partial charge in [-0.3, -0.25) is 9.00 Å². The van der Waals surface area contributed by atoms with E-state index in [0.717, 1.165) is 41.7 Å². The van der Waals surface area contributed by atoms with Crippen LogP contribution in [0.4, 0.5) is 0 Å². The van der Waals surface area contributed by atoms with E-state index in [-0.39, 0.29) is 11.8 Å². The molecule has 1 unspecified atom stereocenters. The van der Waals surface area contributed by atoms with Crippen molar-refractivity contribution in [2.24, 2.45) is 5.92 Å². The molecule has 6 heteroatoms. The molecule has 2 aliphatic carbocycles. The van der Waals surface area contributed by atoms with E-state index < -0.39 is 10.8 Å². The first kappa shape index (κ1) is 14.9. The normalized spacial score (nSPS) is 19.5. The fraction of sp³-hybridized carbons (Fsp3) is 0.529. The van der Waals surface area contributed by atoms with Crippen LogP contribution in [0.5, 0.6) is 0 Å². The van der Waals surface area contributed by atoms with Gasteiger partial charge in [0.1, 0.15) is 0 Å². The van der Waals surface area contributed by atoms with E-state index in [9.17, 15) is 9.00 Å². The Labute approximate surface area is 137 Å². The third-order valence-corrected chi connectivity index (χ3v) is 6.51.